The number of rotatable bonds is 15. The first-order valence-corrected chi connectivity index (χ1v) is 17.1. The predicted octanol–water partition coefficient (Wildman–Crippen LogP) is 4.03. The van der Waals surface area contributed by atoms with Crippen molar-refractivity contribution in [3.8, 4) is 11.5 Å². The second-order valence-corrected chi connectivity index (χ2v) is 13.3. The number of hydrogen-bond acceptors (Lipinski definition) is 10. The fraction of sp³-hybridized carbons (Fsp3) is 0.583. The van der Waals surface area contributed by atoms with Crippen LogP contribution in [0.25, 0.3) is 0 Å². The van der Waals surface area contributed by atoms with Crippen LogP contribution in [-0.4, -0.2) is 86.1 Å². The van der Waals surface area contributed by atoms with Gasteiger partial charge in [-0.25, -0.2) is 4.99 Å². The Morgan fingerprint density at radius 1 is 1.00 bits per heavy atom. The molecule has 262 valence electrons. The molecule has 5 rings (SSSR count). The summed E-state index contributed by atoms with van der Waals surface area (Å²) in [6, 6.07) is 12.4. The van der Waals surface area contributed by atoms with Crippen molar-refractivity contribution in [1.82, 2.24) is 10.2 Å². The van der Waals surface area contributed by atoms with Gasteiger partial charge in [0.25, 0.3) is 5.91 Å². The van der Waals surface area contributed by atoms with E-state index in [-0.39, 0.29) is 42.9 Å². The number of nitrogens with two attached hydrogens (primary N) is 2. The summed E-state index contributed by atoms with van der Waals surface area (Å²) in [7, 11) is 0. The Morgan fingerprint density at radius 2 is 1.71 bits per heavy atom. The molecule has 0 saturated carbocycles. The van der Waals surface area contributed by atoms with E-state index >= 15 is 0 Å². The van der Waals surface area contributed by atoms with E-state index in [0.717, 1.165) is 11.3 Å². The van der Waals surface area contributed by atoms with Gasteiger partial charge in [0.2, 0.25) is 5.91 Å². The van der Waals surface area contributed by atoms with Crippen LogP contribution in [0.1, 0.15) is 93.4 Å². The lowest BCUT2D eigenvalue weighted by Crippen LogP contribution is -2.54. The maximum absolute atomic E-state index is 13.8. The van der Waals surface area contributed by atoms with E-state index in [9.17, 15) is 9.59 Å². The Bertz CT molecular complexity index is 1460. The average molecular weight is 666 g/mol. The van der Waals surface area contributed by atoms with Gasteiger partial charge in [-0.3, -0.25) is 14.5 Å². The van der Waals surface area contributed by atoms with Gasteiger partial charge >= 0.3 is 0 Å². The summed E-state index contributed by atoms with van der Waals surface area (Å²) >= 11 is 0. The largest absolute Gasteiger partial charge is 0.488 e. The van der Waals surface area contributed by atoms with Crippen LogP contribution < -0.4 is 26.3 Å². The number of carbonyl (C=O) groups excluding carboxylic acids is 2. The molecular weight excluding hydrogens is 614 g/mol. The predicted molar refractivity (Wildman–Crippen MR) is 182 cm³/mol. The third kappa shape index (κ3) is 8.28. The number of aliphatic imine (C=N–C) groups is 1. The second-order valence-electron chi connectivity index (χ2n) is 13.3. The Hall–Kier alpha value is -3.71. The molecule has 3 aliphatic rings. The summed E-state index contributed by atoms with van der Waals surface area (Å²) in [6.07, 6.45) is 2.36. The van der Waals surface area contributed by atoms with E-state index < -0.39 is 17.2 Å². The molecule has 0 bridgehead atoms. The number of hydrogen-bond donors (Lipinski definition) is 3. The number of amides is 2. The number of guanidine groups is 1. The highest BCUT2D eigenvalue weighted by Gasteiger charge is 2.43. The van der Waals surface area contributed by atoms with Crippen molar-refractivity contribution < 1.29 is 33.3 Å². The number of para-hydroxylation sites is 1. The number of fused-ring (bicyclic) bond motifs is 2. The summed E-state index contributed by atoms with van der Waals surface area (Å²) in [5, 5.41) is 3.23. The molecule has 0 aliphatic carbocycles. The molecule has 0 aromatic heterocycles. The number of benzene rings is 2. The van der Waals surface area contributed by atoms with Gasteiger partial charge in [0.15, 0.2) is 5.96 Å². The quantitative estimate of drug-likeness (QED) is 0.239. The molecule has 2 aromatic carbocycles. The molecule has 3 heterocycles. The lowest BCUT2D eigenvalue weighted by Gasteiger charge is -2.43. The van der Waals surface area contributed by atoms with Crippen molar-refractivity contribution >= 4 is 17.8 Å². The van der Waals surface area contributed by atoms with Gasteiger partial charge in [-0.05, 0) is 51.0 Å². The first kappa shape index (κ1) is 35.6. The van der Waals surface area contributed by atoms with Crippen molar-refractivity contribution in [3.05, 3.63) is 59.2 Å². The maximum Gasteiger partial charge on any atom is 0.251 e. The van der Waals surface area contributed by atoms with E-state index in [1.165, 1.54) is 0 Å². The highest BCUT2D eigenvalue weighted by atomic mass is 16.6. The van der Waals surface area contributed by atoms with Crippen LogP contribution >= 0.6 is 0 Å². The summed E-state index contributed by atoms with van der Waals surface area (Å²) < 4.78 is 29.3. The van der Waals surface area contributed by atoms with Crippen LogP contribution in [-0.2, 0) is 19.0 Å². The van der Waals surface area contributed by atoms with Crippen LogP contribution in [0.4, 0.5) is 0 Å². The smallest absolute Gasteiger partial charge is 0.251 e. The average Bonchev–Trinajstić information content (AvgIpc) is 3.06. The van der Waals surface area contributed by atoms with E-state index in [1.807, 2.05) is 58.0 Å². The molecule has 0 unspecified atom stereocenters. The second kappa shape index (κ2) is 15.7. The van der Waals surface area contributed by atoms with Gasteiger partial charge in [-0.2, -0.15) is 0 Å². The van der Waals surface area contributed by atoms with Gasteiger partial charge in [0.05, 0.1) is 63.7 Å². The molecule has 3 aliphatic heterocycles. The van der Waals surface area contributed by atoms with Crippen LogP contribution in [0.3, 0.4) is 0 Å². The van der Waals surface area contributed by atoms with E-state index in [0.29, 0.717) is 82.1 Å². The van der Waals surface area contributed by atoms with Crippen molar-refractivity contribution in [2.75, 3.05) is 46.2 Å². The zero-order chi connectivity index (χ0) is 34.3. The zero-order valence-corrected chi connectivity index (χ0v) is 28.7. The van der Waals surface area contributed by atoms with Crippen molar-refractivity contribution in [2.24, 2.45) is 16.5 Å². The molecule has 0 fully saturated rings. The highest BCUT2D eigenvalue weighted by Crippen LogP contribution is 2.43. The van der Waals surface area contributed by atoms with Gasteiger partial charge in [-0.15, -0.1) is 0 Å². The SMILES string of the molecule is CCC1(CC)CC(=O)N([C@H]2C[C@H](COCCOCCOCCN)Oc3ccc(C(=O)N[C@H]4CC(C)(C)Oc5ccccc54)cc32)C(N)=N1. The molecule has 3 atom stereocenters. The molecule has 0 spiro atoms. The highest BCUT2D eigenvalue weighted by molar-refractivity contribution is 6.00. The Morgan fingerprint density at radius 3 is 2.42 bits per heavy atom. The summed E-state index contributed by atoms with van der Waals surface area (Å²) in [5.41, 5.74) is 13.2. The monoisotopic (exact) mass is 665 g/mol. The number of carbonyl (C=O) groups is 2. The lowest BCUT2D eigenvalue weighted by molar-refractivity contribution is -0.132. The molecule has 48 heavy (non-hydrogen) atoms. The van der Waals surface area contributed by atoms with Crippen molar-refractivity contribution in [2.45, 2.75) is 89.1 Å². The van der Waals surface area contributed by atoms with E-state index in [4.69, 9.17) is 40.1 Å². The van der Waals surface area contributed by atoms with Gasteiger partial charge in [0, 0.05) is 36.1 Å². The lowest BCUT2D eigenvalue weighted by atomic mass is 9.86. The van der Waals surface area contributed by atoms with E-state index in [2.05, 4.69) is 5.32 Å². The Balaban J connectivity index is 1.35. The zero-order valence-electron chi connectivity index (χ0n) is 28.7. The van der Waals surface area contributed by atoms with Crippen LogP contribution in [0.2, 0.25) is 0 Å². The summed E-state index contributed by atoms with van der Waals surface area (Å²) in [6.45, 7) is 11.1. The van der Waals surface area contributed by atoms with E-state index in [1.54, 1.807) is 17.0 Å². The van der Waals surface area contributed by atoms with Gasteiger partial charge < -0.3 is 40.5 Å². The van der Waals surface area contributed by atoms with Crippen molar-refractivity contribution in [1.29, 1.82) is 0 Å². The standard InChI is InChI=1S/C36H51N5O7/c1-5-36(6-2)22-32(42)41(34(38)40-36)29-20-25(23-46-18-17-45-16-15-44-14-13-37)47-30-12-11-24(19-27(29)30)33(43)39-28-21-35(3,4)48-31-10-8-7-9-26(28)31/h7-12,19,25,28-29H,5-6,13-18,20-23,37H2,1-4H3,(H2,38,40)(H,39,43)/t25-,28+,29+/m1/s1. The summed E-state index contributed by atoms with van der Waals surface area (Å²) in [4.78, 5) is 34.0. The van der Waals surface area contributed by atoms with Crippen LogP contribution in [0.5, 0.6) is 11.5 Å². The van der Waals surface area contributed by atoms with Gasteiger partial charge in [-0.1, -0.05) is 32.0 Å². The minimum atomic E-state index is -0.515. The first-order valence-electron chi connectivity index (χ1n) is 17.1. The molecule has 2 aromatic rings. The summed E-state index contributed by atoms with van der Waals surface area (Å²) in [5.74, 6) is 1.21. The minimum Gasteiger partial charge on any atom is -0.488 e. The number of nitrogens with zero attached hydrogens (tertiary/aromatic N) is 2. The number of ether oxygens (including phenoxy) is 5. The minimum absolute atomic E-state index is 0.0927. The molecule has 0 saturated heterocycles. The van der Waals surface area contributed by atoms with Gasteiger partial charge in [0.1, 0.15) is 23.2 Å². The van der Waals surface area contributed by atoms with Crippen LogP contribution in [0, 0.1) is 0 Å². The topological polar surface area (TPSA) is 160 Å². The third-order valence-corrected chi connectivity index (χ3v) is 9.38. The Kier molecular flexibility index (Phi) is 11.6. The fourth-order valence-corrected chi connectivity index (χ4v) is 6.74. The molecule has 12 heteroatoms. The number of nitrogens with one attached hydrogen (secondary N) is 1. The Labute approximate surface area is 283 Å². The maximum atomic E-state index is 13.8. The molecular formula is C36H51N5O7. The molecule has 5 N–H and O–H groups in total. The molecule has 2 amide bonds. The first-order chi connectivity index (χ1) is 23.1. The molecule has 0 radical (unpaired) electrons. The normalized spacial score (nSPS) is 22.5. The third-order valence-electron chi connectivity index (χ3n) is 9.38. The van der Waals surface area contributed by atoms with Crippen molar-refractivity contribution in [3.63, 3.8) is 0 Å². The van der Waals surface area contributed by atoms with Crippen LogP contribution in [0.15, 0.2) is 47.5 Å². The molecule has 12 nitrogen and oxygen atoms in total. The fourth-order valence-electron chi connectivity index (χ4n) is 6.74.